The molecule has 7 nitrogen and oxygen atoms in total. The Morgan fingerprint density at radius 3 is 2.81 bits per heavy atom. The van der Waals surface area contributed by atoms with E-state index in [2.05, 4.69) is 56.9 Å². The van der Waals surface area contributed by atoms with Crippen molar-refractivity contribution in [2.75, 3.05) is 19.7 Å². The van der Waals surface area contributed by atoms with Crippen LogP contribution in [0.1, 0.15) is 37.3 Å². The molecule has 1 aliphatic rings. The van der Waals surface area contributed by atoms with Crippen molar-refractivity contribution in [1.29, 1.82) is 0 Å². The van der Waals surface area contributed by atoms with Gasteiger partial charge in [-0.25, -0.2) is 9.98 Å². The smallest absolute Gasteiger partial charge is 0.191 e. The van der Waals surface area contributed by atoms with Crippen molar-refractivity contribution in [2.24, 2.45) is 18.0 Å². The number of nitrogens with zero attached hydrogens (tertiary/aromatic N) is 4. The predicted molar refractivity (Wildman–Crippen MR) is 117 cm³/mol. The summed E-state index contributed by atoms with van der Waals surface area (Å²) < 4.78 is 7.83. The maximum Gasteiger partial charge on any atom is 0.191 e. The average Bonchev–Trinajstić information content (AvgIpc) is 3.10. The lowest BCUT2D eigenvalue weighted by atomic mass is 9.89. The van der Waals surface area contributed by atoms with Gasteiger partial charge in [0.15, 0.2) is 5.96 Å². The van der Waals surface area contributed by atoms with Crippen LogP contribution < -0.4 is 10.6 Å². The highest BCUT2D eigenvalue weighted by Crippen LogP contribution is 2.32. The number of rotatable bonds is 6. The number of ether oxygens (including phenoxy) is 1. The fraction of sp³-hybridized carbons (Fsp3) is 0.526. The molecule has 1 saturated heterocycles. The zero-order valence-electron chi connectivity index (χ0n) is 16.0. The minimum atomic E-state index is 0. The molecule has 0 bridgehead atoms. The van der Waals surface area contributed by atoms with E-state index >= 15 is 0 Å². The second-order valence-corrected chi connectivity index (χ2v) is 6.48. The third kappa shape index (κ3) is 6.17. The first-order valence-electron chi connectivity index (χ1n) is 9.29. The molecule has 1 aromatic heterocycles. The van der Waals surface area contributed by atoms with Gasteiger partial charge < -0.3 is 15.4 Å². The summed E-state index contributed by atoms with van der Waals surface area (Å²) in [4.78, 5) is 8.85. The first-order valence-corrected chi connectivity index (χ1v) is 9.29. The lowest BCUT2D eigenvalue weighted by Gasteiger charge is -2.32. The van der Waals surface area contributed by atoms with Crippen molar-refractivity contribution in [2.45, 2.75) is 32.4 Å². The number of nitrogens with one attached hydrogen (secondary N) is 2. The Kier molecular flexibility index (Phi) is 8.99. The van der Waals surface area contributed by atoms with Crippen LogP contribution >= 0.6 is 24.0 Å². The number of benzene rings is 1. The van der Waals surface area contributed by atoms with Crippen LogP contribution in [0.3, 0.4) is 0 Å². The minimum absolute atomic E-state index is 0. The molecule has 0 amide bonds. The Morgan fingerprint density at radius 1 is 1.30 bits per heavy atom. The highest BCUT2D eigenvalue weighted by atomic mass is 127. The summed E-state index contributed by atoms with van der Waals surface area (Å²) in [5.41, 5.74) is 1.25. The molecule has 2 N–H and O–H groups in total. The number of aryl methyl sites for hydroxylation is 1. The molecule has 2 aromatic rings. The number of guanidine groups is 1. The van der Waals surface area contributed by atoms with E-state index in [0.717, 1.165) is 44.3 Å². The Bertz CT molecular complexity index is 705. The van der Waals surface area contributed by atoms with Gasteiger partial charge in [-0.3, -0.25) is 4.68 Å². The van der Waals surface area contributed by atoms with Crippen molar-refractivity contribution in [3.8, 4) is 0 Å². The molecular formula is C19H29IN6O. The standard InChI is InChI=1S/C19H28N6O.HI/c1-3-20-19(22-13-17-23-14-24-25(17)2)21-12-16-10-7-11-26-18(16)15-8-5-4-6-9-15;/h4-6,8-9,14,16,18H,3,7,10-13H2,1-2H3,(H2,20,21,22);1H. The van der Waals surface area contributed by atoms with Crippen LogP contribution in [0.4, 0.5) is 0 Å². The fourth-order valence-corrected chi connectivity index (χ4v) is 3.25. The van der Waals surface area contributed by atoms with Crippen LogP contribution in [-0.2, 0) is 18.3 Å². The van der Waals surface area contributed by atoms with Gasteiger partial charge in [0.1, 0.15) is 18.7 Å². The van der Waals surface area contributed by atoms with Gasteiger partial charge in [0.05, 0.1) is 6.10 Å². The third-order valence-corrected chi connectivity index (χ3v) is 4.63. The maximum atomic E-state index is 6.08. The summed E-state index contributed by atoms with van der Waals surface area (Å²) in [5, 5.41) is 10.9. The molecule has 1 aromatic carbocycles. The number of hydrogen-bond donors (Lipinski definition) is 2. The summed E-state index contributed by atoms with van der Waals surface area (Å²) in [6.07, 6.45) is 3.94. The van der Waals surface area contributed by atoms with Crippen LogP contribution in [0.15, 0.2) is 41.7 Å². The molecule has 0 aliphatic carbocycles. The number of aromatic nitrogens is 3. The molecule has 2 atom stereocenters. The molecule has 2 unspecified atom stereocenters. The summed E-state index contributed by atoms with van der Waals surface area (Å²) in [7, 11) is 1.88. The first-order chi connectivity index (χ1) is 12.8. The second kappa shape index (κ2) is 11.2. The van der Waals surface area contributed by atoms with E-state index in [9.17, 15) is 0 Å². The van der Waals surface area contributed by atoms with Crippen molar-refractivity contribution >= 4 is 29.9 Å². The summed E-state index contributed by atoms with van der Waals surface area (Å²) in [6, 6.07) is 10.5. The Hall–Kier alpha value is -1.68. The van der Waals surface area contributed by atoms with E-state index in [1.807, 2.05) is 13.1 Å². The minimum Gasteiger partial charge on any atom is -0.373 e. The molecule has 1 fully saturated rings. The van der Waals surface area contributed by atoms with Gasteiger partial charge in [0.2, 0.25) is 0 Å². The number of aliphatic imine (C=N–C) groups is 1. The van der Waals surface area contributed by atoms with Crippen LogP contribution in [-0.4, -0.2) is 40.4 Å². The van der Waals surface area contributed by atoms with Crippen LogP contribution in [0.5, 0.6) is 0 Å². The lowest BCUT2D eigenvalue weighted by molar-refractivity contribution is -0.0265. The molecule has 3 rings (SSSR count). The van der Waals surface area contributed by atoms with Gasteiger partial charge in [-0.1, -0.05) is 30.3 Å². The van der Waals surface area contributed by atoms with Crippen molar-refractivity contribution in [3.63, 3.8) is 0 Å². The van der Waals surface area contributed by atoms with Crippen molar-refractivity contribution in [1.82, 2.24) is 25.4 Å². The third-order valence-electron chi connectivity index (χ3n) is 4.63. The quantitative estimate of drug-likeness (QED) is 0.375. The number of halogens is 1. The molecule has 0 saturated carbocycles. The van der Waals surface area contributed by atoms with Crippen LogP contribution in [0.2, 0.25) is 0 Å². The first kappa shape index (κ1) is 21.6. The van der Waals surface area contributed by atoms with Gasteiger partial charge in [-0.2, -0.15) is 5.10 Å². The van der Waals surface area contributed by atoms with Gasteiger partial charge in [0.25, 0.3) is 0 Å². The molecule has 0 spiro atoms. The molecule has 1 aliphatic heterocycles. The summed E-state index contributed by atoms with van der Waals surface area (Å²) in [6.45, 7) is 5.03. The van der Waals surface area contributed by atoms with E-state index in [1.165, 1.54) is 5.56 Å². The Balaban J connectivity index is 0.00000261. The van der Waals surface area contributed by atoms with Gasteiger partial charge in [0, 0.05) is 32.7 Å². The normalized spacial score (nSPS) is 20.0. The largest absolute Gasteiger partial charge is 0.373 e. The van der Waals surface area contributed by atoms with E-state index < -0.39 is 0 Å². The summed E-state index contributed by atoms with van der Waals surface area (Å²) in [5.74, 6) is 2.06. The molecule has 148 valence electrons. The summed E-state index contributed by atoms with van der Waals surface area (Å²) >= 11 is 0. The monoisotopic (exact) mass is 484 g/mol. The van der Waals surface area contributed by atoms with E-state index in [4.69, 9.17) is 4.74 Å². The highest BCUT2D eigenvalue weighted by molar-refractivity contribution is 14.0. The molecular weight excluding hydrogens is 455 g/mol. The predicted octanol–water partition coefficient (Wildman–Crippen LogP) is 2.66. The Labute approximate surface area is 178 Å². The van der Waals surface area contributed by atoms with Gasteiger partial charge >= 0.3 is 0 Å². The Morgan fingerprint density at radius 2 is 2.11 bits per heavy atom. The van der Waals surface area contributed by atoms with Crippen molar-refractivity contribution in [3.05, 3.63) is 48.0 Å². The second-order valence-electron chi connectivity index (χ2n) is 6.48. The SMILES string of the molecule is CCNC(=NCc1ncnn1C)NCC1CCCOC1c1ccccc1.I. The maximum absolute atomic E-state index is 6.08. The zero-order valence-corrected chi connectivity index (χ0v) is 18.3. The zero-order chi connectivity index (χ0) is 18.2. The van der Waals surface area contributed by atoms with E-state index in [0.29, 0.717) is 12.5 Å². The topological polar surface area (TPSA) is 76.4 Å². The van der Waals surface area contributed by atoms with Crippen molar-refractivity contribution < 1.29 is 4.74 Å². The molecule has 27 heavy (non-hydrogen) atoms. The van der Waals surface area contributed by atoms with Crippen LogP contribution in [0.25, 0.3) is 0 Å². The number of hydrogen-bond acceptors (Lipinski definition) is 4. The van der Waals surface area contributed by atoms with Crippen LogP contribution in [0, 0.1) is 5.92 Å². The average molecular weight is 484 g/mol. The van der Waals surface area contributed by atoms with Gasteiger partial charge in [-0.15, -0.1) is 24.0 Å². The van der Waals surface area contributed by atoms with E-state index in [-0.39, 0.29) is 30.1 Å². The van der Waals surface area contributed by atoms with Gasteiger partial charge in [-0.05, 0) is 25.3 Å². The lowest BCUT2D eigenvalue weighted by Crippen LogP contribution is -2.42. The fourth-order valence-electron chi connectivity index (χ4n) is 3.25. The molecule has 0 radical (unpaired) electrons. The molecule has 8 heteroatoms. The highest BCUT2D eigenvalue weighted by Gasteiger charge is 2.27. The van der Waals surface area contributed by atoms with E-state index in [1.54, 1.807) is 11.0 Å². The molecule has 2 heterocycles.